The van der Waals surface area contributed by atoms with Gasteiger partial charge in [0.05, 0.1) is 26.9 Å². The van der Waals surface area contributed by atoms with Gasteiger partial charge in [0, 0.05) is 31.4 Å². The summed E-state index contributed by atoms with van der Waals surface area (Å²) in [6.45, 7) is 1.86. The van der Waals surface area contributed by atoms with E-state index in [1.54, 1.807) is 16.9 Å². The highest BCUT2D eigenvalue weighted by Crippen LogP contribution is 2.35. The van der Waals surface area contributed by atoms with Crippen LogP contribution in [0.15, 0.2) is 58.0 Å². The van der Waals surface area contributed by atoms with Crippen LogP contribution < -0.4 is 9.62 Å². The molecule has 1 aliphatic heterocycles. The molecule has 1 aromatic heterocycles. The lowest BCUT2D eigenvalue weighted by Gasteiger charge is -2.20. The van der Waals surface area contributed by atoms with Crippen molar-refractivity contribution in [1.82, 2.24) is 9.78 Å². The van der Waals surface area contributed by atoms with Crippen molar-refractivity contribution in [3.63, 3.8) is 0 Å². The third-order valence-electron chi connectivity index (χ3n) is 4.93. The van der Waals surface area contributed by atoms with Crippen LogP contribution in [-0.2, 0) is 17.1 Å². The minimum absolute atomic E-state index is 0.00809. The van der Waals surface area contributed by atoms with Gasteiger partial charge in [0.2, 0.25) is 0 Å². The van der Waals surface area contributed by atoms with Crippen LogP contribution in [0.2, 0.25) is 0 Å². The molecule has 29 heavy (non-hydrogen) atoms. The average molecular weight is 479 g/mol. The topological polar surface area (TPSA) is 67.2 Å². The number of rotatable bonds is 5. The molecule has 0 bridgehead atoms. The predicted octanol–water partition coefficient (Wildman–Crippen LogP) is 4.39. The number of sulfonamides is 1. The summed E-state index contributed by atoms with van der Waals surface area (Å²) in [5, 5.41) is 4.26. The first-order valence-electron chi connectivity index (χ1n) is 9.20. The Bertz CT molecular complexity index is 1120. The van der Waals surface area contributed by atoms with E-state index in [2.05, 4.69) is 30.7 Å². The molecule has 9 heteroatoms. The van der Waals surface area contributed by atoms with Gasteiger partial charge in [-0.1, -0.05) is 0 Å². The van der Waals surface area contributed by atoms with Crippen LogP contribution in [-0.4, -0.2) is 31.3 Å². The van der Waals surface area contributed by atoms with E-state index < -0.39 is 15.8 Å². The highest BCUT2D eigenvalue weighted by atomic mass is 79.9. The molecule has 152 valence electrons. The zero-order valence-electron chi connectivity index (χ0n) is 15.8. The van der Waals surface area contributed by atoms with Gasteiger partial charge < -0.3 is 4.90 Å². The summed E-state index contributed by atoms with van der Waals surface area (Å²) in [4.78, 5) is 2.25. The lowest BCUT2D eigenvalue weighted by atomic mass is 10.1. The van der Waals surface area contributed by atoms with E-state index in [-0.39, 0.29) is 4.90 Å². The van der Waals surface area contributed by atoms with Crippen molar-refractivity contribution in [1.29, 1.82) is 0 Å². The van der Waals surface area contributed by atoms with E-state index in [1.165, 1.54) is 12.1 Å². The first-order chi connectivity index (χ1) is 13.8. The van der Waals surface area contributed by atoms with Gasteiger partial charge in [-0.05, 0) is 71.2 Å². The maximum absolute atomic E-state index is 13.2. The molecule has 0 unspecified atom stereocenters. The number of nitrogens with one attached hydrogen (secondary N) is 1. The number of benzene rings is 2. The fourth-order valence-corrected chi connectivity index (χ4v) is 5.15. The number of halogens is 2. The molecule has 2 aromatic carbocycles. The molecule has 3 aromatic rings. The van der Waals surface area contributed by atoms with Crippen LogP contribution in [0, 0.1) is 5.82 Å². The normalized spacial score (nSPS) is 14.4. The first-order valence-corrected chi connectivity index (χ1v) is 11.5. The second-order valence-electron chi connectivity index (χ2n) is 6.99. The van der Waals surface area contributed by atoms with Crippen molar-refractivity contribution in [3.05, 3.63) is 59.0 Å². The van der Waals surface area contributed by atoms with Crippen molar-refractivity contribution in [2.45, 2.75) is 17.7 Å². The fraction of sp³-hybridized carbons (Fsp3) is 0.250. The minimum Gasteiger partial charge on any atom is -0.371 e. The van der Waals surface area contributed by atoms with Gasteiger partial charge in [-0.25, -0.2) is 12.8 Å². The quantitative estimate of drug-likeness (QED) is 0.590. The van der Waals surface area contributed by atoms with Gasteiger partial charge in [-0.2, -0.15) is 5.10 Å². The van der Waals surface area contributed by atoms with Crippen molar-refractivity contribution >= 4 is 37.3 Å². The van der Waals surface area contributed by atoms with Gasteiger partial charge in [0.15, 0.2) is 0 Å². The number of nitrogens with zero attached hydrogens (tertiary/aromatic N) is 3. The minimum atomic E-state index is -3.85. The molecule has 1 aliphatic rings. The third-order valence-corrected chi connectivity index (χ3v) is 6.91. The van der Waals surface area contributed by atoms with E-state index in [0.29, 0.717) is 5.69 Å². The Balaban J connectivity index is 1.77. The molecule has 1 saturated heterocycles. The summed E-state index contributed by atoms with van der Waals surface area (Å²) in [6.07, 6.45) is 3.92. The Morgan fingerprint density at radius 3 is 2.41 bits per heavy atom. The highest BCUT2D eigenvalue weighted by molar-refractivity contribution is 9.10. The van der Waals surface area contributed by atoms with Crippen LogP contribution >= 0.6 is 15.9 Å². The van der Waals surface area contributed by atoms with E-state index in [0.717, 1.165) is 59.5 Å². The summed E-state index contributed by atoms with van der Waals surface area (Å²) >= 11 is 3.52. The standard InChI is InChI=1S/C20H20BrFN4O2S/c1-25-20(19(21)13-23-25)14-10-16(12-17(11-14)26-8-2-3-9-26)24-29(27,28)18-6-4-15(22)5-7-18/h4-7,10-13,24H,2-3,8-9H2,1H3. The zero-order chi connectivity index (χ0) is 20.6. The molecule has 0 aliphatic carbocycles. The van der Waals surface area contributed by atoms with Gasteiger partial charge in [0.1, 0.15) is 5.82 Å². The smallest absolute Gasteiger partial charge is 0.261 e. The van der Waals surface area contributed by atoms with E-state index in [4.69, 9.17) is 0 Å². The molecule has 0 atom stereocenters. The fourth-order valence-electron chi connectivity index (χ4n) is 3.53. The van der Waals surface area contributed by atoms with E-state index >= 15 is 0 Å². The van der Waals surface area contributed by atoms with Crippen molar-refractivity contribution in [3.8, 4) is 11.3 Å². The molecule has 0 radical (unpaired) electrons. The van der Waals surface area contributed by atoms with Crippen LogP contribution in [0.4, 0.5) is 15.8 Å². The van der Waals surface area contributed by atoms with Gasteiger partial charge in [0.25, 0.3) is 10.0 Å². The van der Waals surface area contributed by atoms with Crippen molar-refractivity contribution in [2.75, 3.05) is 22.7 Å². The highest BCUT2D eigenvalue weighted by Gasteiger charge is 2.20. The van der Waals surface area contributed by atoms with Gasteiger partial charge in [-0.3, -0.25) is 9.40 Å². The average Bonchev–Trinajstić information content (AvgIpc) is 3.31. The summed E-state index contributed by atoms with van der Waals surface area (Å²) in [7, 11) is -2.01. The zero-order valence-corrected chi connectivity index (χ0v) is 18.2. The summed E-state index contributed by atoms with van der Waals surface area (Å²) in [5.74, 6) is -0.483. The van der Waals surface area contributed by atoms with Crippen molar-refractivity contribution in [2.24, 2.45) is 7.05 Å². The number of hydrogen-bond donors (Lipinski definition) is 1. The lowest BCUT2D eigenvalue weighted by Crippen LogP contribution is -2.19. The largest absolute Gasteiger partial charge is 0.371 e. The first kappa shape index (κ1) is 19.9. The Morgan fingerprint density at radius 2 is 1.79 bits per heavy atom. The molecular formula is C20H20BrFN4O2S. The second kappa shape index (κ2) is 7.79. The molecule has 6 nitrogen and oxygen atoms in total. The Hall–Kier alpha value is -2.39. The summed E-state index contributed by atoms with van der Waals surface area (Å²) in [5.41, 5.74) is 3.10. The van der Waals surface area contributed by atoms with E-state index in [9.17, 15) is 12.8 Å². The van der Waals surface area contributed by atoms with Crippen LogP contribution in [0.1, 0.15) is 12.8 Å². The Labute approximate surface area is 177 Å². The molecule has 1 N–H and O–H groups in total. The van der Waals surface area contributed by atoms with E-state index in [1.807, 2.05) is 19.2 Å². The summed E-state index contributed by atoms with van der Waals surface area (Å²) in [6, 6.07) is 10.4. The molecule has 4 rings (SSSR count). The number of hydrogen-bond acceptors (Lipinski definition) is 4. The molecule has 2 heterocycles. The number of aromatic nitrogens is 2. The monoisotopic (exact) mass is 478 g/mol. The summed E-state index contributed by atoms with van der Waals surface area (Å²) < 4.78 is 44.0. The van der Waals surface area contributed by atoms with Crippen molar-refractivity contribution < 1.29 is 12.8 Å². The predicted molar refractivity (Wildman–Crippen MR) is 115 cm³/mol. The Morgan fingerprint density at radius 1 is 1.10 bits per heavy atom. The molecular weight excluding hydrogens is 459 g/mol. The maximum Gasteiger partial charge on any atom is 0.261 e. The molecule has 0 amide bonds. The second-order valence-corrected chi connectivity index (χ2v) is 9.52. The van der Waals surface area contributed by atoms with Crippen LogP contribution in [0.3, 0.4) is 0 Å². The lowest BCUT2D eigenvalue weighted by molar-refractivity contribution is 0.599. The SMILES string of the molecule is Cn1ncc(Br)c1-c1cc(NS(=O)(=O)c2ccc(F)cc2)cc(N2CCCC2)c1. The molecule has 0 saturated carbocycles. The Kier molecular flexibility index (Phi) is 5.35. The van der Waals surface area contributed by atoms with Crippen LogP contribution in [0.25, 0.3) is 11.3 Å². The number of anilines is 2. The number of aryl methyl sites for hydroxylation is 1. The molecule has 1 fully saturated rings. The molecule has 0 spiro atoms. The van der Waals surface area contributed by atoms with Gasteiger partial charge in [-0.15, -0.1) is 0 Å². The maximum atomic E-state index is 13.2. The van der Waals surface area contributed by atoms with Crippen LogP contribution in [0.5, 0.6) is 0 Å². The third kappa shape index (κ3) is 4.16. The van der Waals surface area contributed by atoms with Gasteiger partial charge >= 0.3 is 0 Å².